The molecule has 0 saturated carbocycles. The molecule has 0 aliphatic rings. The van der Waals surface area contributed by atoms with Gasteiger partial charge in [0.25, 0.3) is 0 Å². The Balaban J connectivity index is 3.09. The summed E-state index contributed by atoms with van der Waals surface area (Å²) in [6.07, 6.45) is 0. The second-order valence-electron chi connectivity index (χ2n) is 1.74. The topological polar surface area (TPSA) is 12.0 Å². The molecule has 0 aromatic heterocycles. The summed E-state index contributed by atoms with van der Waals surface area (Å²) in [5.41, 5.74) is 0.720. The lowest BCUT2D eigenvalue weighted by atomic mass is 10.3. The Hall–Kier alpha value is -0.0500. The predicted molar refractivity (Wildman–Crippen MR) is 49.1 cm³/mol. The Kier molecular flexibility index (Phi) is 2.72. The Morgan fingerprint density at radius 3 is 2.50 bits per heavy atom. The molecule has 1 rings (SSSR count). The summed E-state index contributed by atoms with van der Waals surface area (Å²) in [5.74, 6) is 0. The lowest BCUT2D eigenvalue weighted by Gasteiger charge is -2.00. The molecule has 0 bridgehead atoms. The fourth-order valence-corrected chi connectivity index (χ4v) is 1.17. The first-order valence-electron chi connectivity index (χ1n) is 2.59. The maximum absolute atomic E-state index is 5.73. The van der Waals surface area contributed by atoms with Gasteiger partial charge >= 0.3 is 0 Å². The highest BCUT2D eigenvalue weighted by molar-refractivity contribution is 7.81. The van der Waals surface area contributed by atoms with Crippen LogP contribution in [-0.4, -0.2) is 0 Å². The normalized spacial score (nSPS) is 9.50. The average molecular weight is 194 g/mol. The van der Waals surface area contributed by atoms with E-state index in [2.05, 4.69) is 17.5 Å². The van der Waals surface area contributed by atoms with E-state index in [-0.39, 0.29) is 0 Å². The number of rotatable bonds is 1. The van der Waals surface area contributed by atoms with Crippen molar-refractivity contribution in [3.8, 4) is 0 Å². The van der Waals surface area contributed by atoms with E-state index in [1.807, 2.05) is 0 Å². The minimum Gasteiger partial charge on any atom is -0.331 e. The maximum Gasteiger partial charge on any atom is 0.0646 e. The first kappa shape index (κ1) is 8.05. The van der Waals surface area contributed by atoms with E-state index in [9.17, 15) is 0 Å². The van der Waals surface area contributed by atoms with Crippen molar-refractivity contribution in [2.75, 3.05) is 4.72 Å². The predicted octanol–water partition coefficient (Wildman–Crippen LogP) is 3.25. The summed E-state index contributed by atoms with van der Waals surface area (Å²) >= 11 is 15.2. The first-order chi connectivity index (χ1) is 4.74. The van der Waals surface area contributed by atoms with Crippen LogP contribution in [0.3, 0.4) is 0 Å². The van der Waals surface area contributed by atoms with Crippen LogP contribution >= 0.6 is 36.0 Å². The monoisotopic (exact) mass is 193 g/mol. The van der Waals surface area contributed by atoms with Crippen molar-refractivity contribution in [2.24, 2.45) is 0 Å². The van der Waals surface area contributed by atoms with E-state index < -0.39 is 0 Å². The highest BCUT2D eigenvalue weighted by Gasteiger charge is 1.96. The van der Waals surface area contributed by atoms with Crippen LogP contribution in [0.2, 0.25) is 10.0 Å². The lowest BCUT2D eigenvalue weighted by molar-refractivity contribution is 1.68. The highest BCUT2D eigenvalue weighted by Crippen LogP contribution is 2.25. The van der Waals surface area contributed by atoms with Gasteiger partial charge in [0, 0.05) is 5.02 Å². The van der Waals surface area contributed by atoms with Crippen LogP contribution in [-0.2, 0) is 0 Å². The number of anilines is 1. The van der Waals surface area contributed by atoms with Gasteiger partial charge in [0.2, 0.25) is 0 Å². The molecule has 4 heteroatoms. The van der Waals surface area contributed by atoms with Crippen molar-refractivity contribution in [1.82, 2.24) is 0 Å². The molecule has 1 aromatic rings. The van der Waals surface area contributed by atoms with Gasteiger partial charge in [-0.05, 0) is 18.2 Å². The second-order valence-corrected chi connectivity index (χ2v) is 2.80. The Bertz CT molecular complexity index is 239. The van der Waals surface area contributed by atoms with Crippen molar-refractivity contribution < 1.29 is 0 Å². The Labute approximate surface area is 74.9 Å². The van der Waals surface area contributed by atoms with E-state index in [1.54, 1.807) is 18.2 Å². The highest BCUT2D eigenvalue weighted by atomic mass is 35.5. The smallest absolute Gasteiger partial charge is 0.0646 e. The molecule has 10 heavy (non-hydrogen) atoms. The number of hydrogen-bond donors (Lipinski definition) is 2. The molecule has 0 fully saturated rings. The average Bonchev–Trinajstić information content (AvgIpc) is 1.94. The number of thiol groups is 1. The zero-order chi connectivity index (χ0) is 7.56. The largest absolute Gasteiger partial charge is 0.331 e. The first-order valence-corrected chi connectivity index (χ1v) is 3.79. The zero-order valence-corrected chi connectivity index (χ0v) is 7.34. The van der Waals surface area contributed by atoms with Crippen LogP contribution in [0.4, 0.5) is 5.69 Å². The fraction of sp³-hybridized carbons (Fsp3) is 0. The maximum atomic E-state index is 5.73. The van der Waals surface area contributed by atoms with Gasteiger partial charge in [-0.3, -0.25) is 0 Å². The standard InChI is InChI=1S/C6H5Cl2NS/c7-4-1-2-5(8)6(3-4)9-10/h1-3,9-10H. The van der Waals surface area contributed by atoms with Crippen molar-refractivity contribution in [3.05, 3.63) is 28.2 Å². The third-order valence-corrected chi connectivity index (χ3v) is 1.85. The van der Waals surface area contributed by atoms with Gasteiger partial charge in [0.05, 0.1) is 10.7 Å². The van der Waals surface area contributed by atoms with Crippen molar-refractivity contribution >= 4 is 41.7 Å². The molecule has 0 aliphatic carbocycles. The molecule has 0 unspecified atom stereocenters. The van der Waals surface area contributed by atoms with Crippen LogP contribution in [0.15, 0.2) is 18.2 Å². The summed E-state index contributed by atoms with van der Waals surface area (Å²) in [6.45, 7) is 0. The van der Waals surface area contributed by atoms with E-state index in [4.69, 9.17) is 23.2 Å². The van der Waals surface area contributed by atoms with Gasteiger partial charge in [-0.1, -0.05) is 36.0 Å². The van der Waals surface area contributed by atoms with Gasteiger partial charge in [-0.2, -0.15) is 0 Å². The summed E-state index contributed by atoms with van der Waals surface area (Å²) < 4.78 is 2.61. The van der Waals surface area contributed by atoms with Crippen LogP contribution in [0.25, 0.3) is 0 Å². The van der Waals surface area contributed by atoms with Gasteiger partial charge in [0.15, 0.2) is 0 Å². The van der Waals surface area contributed by atoms with E-state index in [0.717, 1.165) is 5.69 Å². The summed E-state index contributed by atoms with van der Waals surface area (Å²) in [6, 6.07) is 5.14. The lowest BCUT2D eigenvalue weighted by Crippen LogP contribution is -1.80. The Morgan fingerprint density at radius 2 is 2.00 bits per heavy atom. The Morgan fingerprint density at radius 1 is 1.30 bits per heavy atom. The molecule has 0 atom stereocenters. The molecule has 0 saturated heterocycles. The fourth-order valence-electron chi connectivity index (χ4n) is 0.583. The minimum atomic E-state index is 0.611. The van der Waals surface area contributed by atoms with Gasteiger partial charge in [0.1, 0.15) is 0 Å². The van der Waals surface area contributed by atoms with Crippen molar-refractivity contribution in [2.45, 2.75) is 0 Å². The SMILES string of the molecule is SNc1cc(Cl)ccc1Cl. The number of nitrogens with one attached hydrogen (secondary N) is 1. The summed E-state index contributed by atoms with van der Waals surface area (Å²) in [7, 11) is 0. The molecule has 0 spiro atoms. The molecule has 1 aromatic carbocycles. The number of benzene rings is 1. The molecular weight excluding hydrogens is 189 g/mol. The van der Waals surface area contributed by atoms with E-state index >= 15 is 0 Å². The minimum absolute atomic E-state index is 0.611. The number of hydrogen-bond acceptors (Lipinski definition) is 2. The van der Waals surface area contributed by atoms with Crippen molar-refractivity contribution in [3.63, 3.8) is 0 Å². The van der Waals surface area contributed by atoms with Crippen LogP contribution in [0.5, 0.6) is 0 Å². The van der Waals surface area contributed by atoms with Crippen molar-refractivity contribution in [1.29, 1.82) is 0 Å². The molecule has 0 aliphatic heterocycles. The van der Waals surface area contributed by atoms with Crippen LogP contribution < -0.4 is 4.72 Å². The molecule has 0 amide bonds. The zero-order valence-electron chi connectivity index (χ0n) is 4.94. The molecular formula is C6H5Cl2NS. The summed E-state index contributed by atoms with van der Waals surface area (Å²) in [5, 5.41) is 1.25. The molecule has 1 N–H and O–H groups in total. The molecule has 54 valence electrons. The third-order valence-electron chi connectivity index (χ3n) is 1.05. The quantitative estimate of drug-likeness (QED) is 0.654. The molecule has 1 nitrogen and oxygen atoms in total. The second kappa shape index (κ2) is 3.37. The molecule has 0 radical (unpaired) electrons. The van der Waals surface area contributed by atoms with Gasteiger partial charge in [-0.15, -0.1) is 0 Å². The van der Waals surface area contributed by atoms with E-state index in [1.165, 1.54) is 0 Å². The third kappa shape index (κ3) is 1.72. The van der Waals surface area contributed by atoms with Crippen LogP contribution in [0, 0.1) is 0 Å². The van der Waals surface area contributed by atoms with E-state index in [0.29, 0.717) is 10.0 Å². The molecule has 0 heterocycles. The summed E-state index contributed by atoms with van der Waals surface area (Å²) in [4.78, 5) is 0. The number of halogens is 2. The van der Waals surface area contributed by atoms with Crippen LogP contribution in [0.1, 0.15) is 0 Å². The van der Waals surface area contributed by atoms with Gasteiger partial charge in [-0.25, -0.2) is 0 Å². The van der Waals surface area contributed by atoms with Gasteiger partial charge < -0.3 is 4.72 Å².